The van der Waals surface area contributed by atoms with E-state index in [0.717, 1.165) is 6.04 Å². The fraction of sp³-hybridized carbons (Fsp3) is 0.667. The van der Waals surface area contributed by atoms with Gasteiger partial charge in [-0.3, -0.25) is 4.57 Å². The molecule has 0 amide bonds. The Morgan fingerprint density at radius 2 is 1.74 bits per heavy atom. The summed E-state index contributed by atoms with van der Waals surface area (Å²) in [7, 11) is -3.29. The minimum absolute atomic E-state index is 0.0739. The third-order valence-corrected chi connectivity index (χ3v) is 14.4. The Morgan fingerprint density at radius 1 is 1.11 bits per heavy atom. The van der Waals surface area contributed by atoms with E-state index in [-0.39, 0.29) is 40.9 Å². The number of hydrogen-bond acceptors (Lipinski definition) is 7. The van der Waals surface area contributed by atoms with Crippen molar-refractivity contribution in [2.45, 2.75) is 95.7 Å². The molecule has 2 saturated heterocycles. The first-order valence-electron chi connectivity index (χ1n) is 13.2. The van der Waals surface area contributed by atoms with E-state index >= 15 is 0 Å². The molecule has 2 aromatic rings. The molecule has 1 unspecified atom stereocenters. The molecule has 11 heteroatoms. The molecule has 210 valence electrons. The summed E-state index contributed by atoms with van der Waals surface area (Å²) in [4.78, 5) is 0. The van der Waals surface area contributed by atoms with Crippen LogP contribution in [0.4, 0.5) is 0 Å². The summed E-state index contributed by atoms with van der Waals surface area (Å²) >= 11 is 6.26. The number of aromatic nitrogens is 1. The van der Waals surface area contributed by atoms with Crippen molar-refractivity contribution in [3.05, 3.63) is 22.7 Å². The Balaban J connectivity index is 1.59. The Labute approximate surface area is 232 Å². The van der Waals surface area contributed by atoms with Crippen LogP contribution < -0.4 is 4.74 Å². The van der Waals surface area contributed by atoms with Crippen molar-refractivity contribution in [2.24, 2.45) is 0 Å². The van der Waals surface area contributed by atoms with Gasteiger partial charge in [-0.1, -0.05) is 52.0 Å². The molecule has 2 aliphatic rings. The fourth-order valence-corrected chi connectivity index (χ4v) is 6.78. The molecule has 4 rings (SSSR count). The molecule has 2 fully saturated rings. The highest BCUT2D eigenvalue weighted by atomic mass is 35.5. The number of nitriles is 1. The largest absolute Gasteiger partial charge is 0.506 e. The first-order chi connectivity index (χ1) is 17.6. The van der Waals surface area contributed by atoms with Crippen molar-refractivity contribution in [3.63, 3.8) is 0 Å². The zero-order chi connectivity index (χ0) is 28.0. The predicted molar refractivity (Wildman–Crippen MR) is 153 cm³/mol. The number of hydrogen-bond donors (Lipinski definition) is 1. The Kier molecular flexibility index (Phi) is 8.33. The number of ether oxygens (including phenoxy) is 4. The highest BCUT2D eigenvalue weighted by Crippen LogP contribution is 2.42. The standard InChI is InChI=1S/C27H41ClN2O6Si2/c1-27(2,3)38(7,8)36-23-15-34-24-22(14-33-25(23)24)35-26-18(13-29)17-11-21(31)19(28)12-20(17)30(26)16-32-9-10-37(4,5)6/h11-12,22-25,31H,9-10,14-16H2,1-8H3/t22-,23?,24-,25-/m1/s1. The topological polar surface area (TPSA) is 95.1 Å². The summed E-state index contributed by atoms with van der Waals surface area (Å²) in [6.07, 6.45) is -1.12. The molecule has 0 bridgehead atoms. The van der Waals surface area contributed by atoms with Crippen molar-refractivity contribution in [3.8, 4) is 17.7 Å². The van der Waals surface area contributed by atoms with Gasteiger partial charge in [0.05, 0.1) is 29.9 Å². The summed E-state index contributed by atoms with van der Waals surface area (Å²) in [6, 6.07) is 6.42. The summed E-state index contributed by atoms with van der Waals surface area (Å²) in [5, 5.41) is 21.2. The molecule has 1 aromatic heterocycles. The third kappa shape index (κ3) is 5.94. The number of halogens is 1. The lowest BCUT2D eigenvalue weighted by molar-refractivity contribution is 0.00849. The Hall–Kier alpha value is -1.59. The van der Waals surface area contributed by atoms with Crippen LogP contribution >= 0.6 is 11.6 Å². The Bertz CT molecular complexity index is 1210. The van der Waals surface area contributed by atoms with Gasteiger partial charge >= 0.3 is 0 Å². The number of aromatic hydroxyl groups is 1. The lowest BCUT2D eigenvalue weighted by Crippen LogP contribution is -2.47. The van der Waals surface area contributed by atoms with E-state index in [2.05, 4.69) is 59.6 Å². The van der Waals surface area contributed by atoms with Gasteiger partial charge in [0.2, 0.25) is 5.88 Å². The van der Waals surface area contributed by atoms with Gasteiger partial charge in [0, 0.05) is 20.1 Å². The average molecular weight is 581 g/mol. The van der Waals surface area contributed by atoms with Gasteiger partial charge in [-0.05, 0) is 36.3 Å². The molecule has 0 aliphatic carbocycles. The molecule has 2 aliphatic heterocycles. The van der Waals surface area contributed by atoms with E-state index in [1.54, 1.807) is 6.07 Å². The quantitative estimate of drug-likeness (QED) is 0.282. The number of phenolic OH excluding ortho intramolecular Hbond substituents is 1. The molecular weight excluding hydrogens is 540 g/mol. The van der Waals surface area contributed by atoms with Crippen LogP contribution in [0.15, 0.2) is 12.1 Å². The van der Waals surface area contributed by atoms with Crippen molar-refractivity contribution < 1.29 is 28.5 Å². The third-order valence-electron chi connectivity index (χ3n) is 7.89. The number of fused-ring (bicyclic) bond motifs is 2. The van der Waals surface area contributed by atoms with Crippen LogP contribution in [0.5, 0.6) is 11.6 Å². The second-order valence-electron chi connectivity index (χ2n) is 13.1. The minimum atomic E-state index is -2.01. The van der Waals surface area contributed by atoms with E-state index in [9.17, 15) is 10.4 Å². The van der Waals surface area contributed by atoms with Crippen LogP contribution in [-0.2, 0) is 25.4 Å². The van der Waals surface area contributed by atoms with Gasteiger partial charge in [-0.15, -0.1) is 0 Å². The molecule has 8 nitrogen and oxygen atoms in total. The molecule has 0 saturated carbocycles. The molecule has 1 N–H and O–H groups in total. The van der Waals surface area contributed by atoms with Crippen LogP contribution in [0.25, 0.3) is 10.9 Å². The van der Waals surface area contributed by atoms with Gasteiger partial charge in [-0.2, -0.15) is 5.26 Å². The van der Waals surface area contributed by atoms with E-state index in [1.807, 2.05) is 4.57 Å². The Morgan fingerprint density at radius 3 is 2.34 bits per heavy atom. The minimum Gasteiger partial charge on any atom is -0.506 e. The lowest BCUT2D eigenvalue weighted by atomic mass is 10.1. The van der Waals surface area contributed by atoms with E-state index in [1.165, 1.54) is 6.07 Å². The van der Waals surface area contributed by atoms with E-state index < -0.39 is 22.5 Å². The number of benzene rings is 1. The highest BCUT2D eigenvalue weighted by molar-refractivity contribution is 6.76. The number of nitrogens with zero attached hydrogens (tertiary/aromatic N) is 2. The van der Waals surface area contributed by atoms with Crippen LogP contribution in [-0.4, -0.2) is 70.3 Å². The van der Waals surface area contributed by atoms with E-state index in [0.29, 0.717) is 42.2 Å². The monoisotopic (exact) mass is 580 g/mol. The molecule has 0 spiro atoms. The maximum absolute atomic E-state index is 10.3. The highest BCUT2D eigenvalue weighted by Gasteiger charge is 2.52. The predicted octanol–water partition coefficient (Wildman–Crippen LogP) is 6.12. The number of phenols is 1. The molecule has 0 radical (unpaired) electrons. The first-order valence-corrected chi connectivity index (χ1v) is 20.2. The van der Waals surface area contributed by atoms with Gasteiger partial charge in [-0.25, -0.2) is 0 Å². The average Bonchev–Trinajstić information content (AvgIpc) is 3.45. The van der Waals surface area contributed by atoms with Gasteiger partial charge in [0.1, 0.15) is 36.3 Å². The maximum atomic E-state index is 10.3. The van der Waals surface area contributed by atoms with Crippen LogP contribution in [0.2, 0.25) is 48.8 Å². The van der Waals surface area contributed by atoms with Gasteiger partial charge < -0.3 is 28.5 Å². The molecule has 3 heterocycles. The smallest absolute Gasteiger partial charge is 0.215 e. The zero-order valence-corrected chi connectivity index (χ0v) is 26.5. The molecule has 1 aromatic carbocycles. The summed E-state index contributed by atoms with van der Waals surface area (Å²) in [6.45, 7) is 19.6. The van der Waals surface area contributed by atoms with Crippen LogP contribution in [0, 0.1) is 11.3 Å². The van der Waals surface area contributed by atoms with Crippen molar-refractivity contribution in [1.29, 1.82) is 5.26 Å². The van der Waals surface area contributed by atoms with Crippen molar-refractivity contribution in [1.82, 2.24) is 4.57 Å². The molecule has 4 atom stereocenters. The van der Waals surface area contributed by atoms with Crippen molar-refractivity contribution >= 4 is 38.9 Å². The van der Waals surface area contributed by atoms with Gasteiger partial charge in [0.15, 0.2) is 14.4 Å². The van der Waals surface area contributed by atoms with Crippen LogP contribution in [0.1, 0.15) is 26.3 Å². The summed E-state index contributed by atoms with van der Waals surface area (Å²) in [5.74, 6) is 0.275. The fourth-order valence-electron chi connectivity index (χ4n) is 4.56. The summed E-state index contributed by atoms with van der Waals surface area (Å²) < 4.78 is 33.3. The maximum Gasteiger partial charge on any atom is 0.215 e. The molecule has 38 heavy (non-hydrogen) atoms. The lowest BCUT2D eigenvalue weighted by Gasteiger charge is -2.39. The second kappa shape index (κ2) is 10.8. The zero-order valence-electron chi connectivity index (χ0n) is 23.8. The second-order valence-corrected chi connectivity index (χ2v) is 23.8. The van der Waals surface area contributed by atoms with Gasteiger partial charge in [0.25, 0.3) is 0 Å². The summed E-state index contributed by atoms with van der Waals surface area (Å²) in [5.41, 5.74) is 0.977. The first kappa shape index (κ1) is 29.4. The molecular formula is C27H41ClN2O6Si2. The van der Waals surface area contributed by atoms with Crippen LogP contribution in [0.3, 0.4) is 0 Å². The number of rotatable bonds is 9. The van der Waals surface area contributed by atoms with E-state index in [4.69, 9.17) is 35.0 Å². The SMILES string of the molecule is CC(C)(C)[Si](C)(C)OC1CO[C@H]2[C@@H]1OC[C@H]2Oc1c(C#N)c2cc(O)c(Cl)cc2n1COCC[Si](C)(C)C. The van der Waals surface area contributed by atoms with Crippen molar-refractivity contribution in [2.75, 3.05) is 19.8 Å². The normalized spacial score (nSPS) is 24.1.